The van der Waals surface area contributed by atoms with Gasteiger partial charge in [-0.2, -0.15) is 0 Å². The molecule has 5 heteroatoms. The monoisotopic (exact) mass is 276 g/mol. The molecule has 0 bridgehead atoms. The third kappa shape index (κ3) is 2.96. The van der Waals surface area contributed by atoms with Crippen LogP contribution < -0.4 is 11.1 Å². The number of nitrogen functional groups attached to an aromatic ring is 1. The van der Waals surface area contributed by atoms with E-state index in [9.17, 15) is 0 Å². The van der Waals surface area contributed by atoms with Gasteiger partial charge in [0.25, 0.3) is 0 Å². The van der Waals surface area contributed by atoms with E-state index in [1.54, 1.807) is 0 Å². The molecule has 1 aromatic heterocycles. The maximum Gasteiger partial charge on any atom is 0.158 e. The number of nitrogens with zero attached hydrogens (tertiary/aromatic N) is 2. The summed E-state index contributed by atoms with van der Waals surface area (Å²) in [5.41, 5.74) is 8.40. The molecule has 1 heterocycles. The lowest BCUT2D eigenvalue weighted by Gasteiger charge is -2.23. The summed E-state index contributed by atoms with van der Waals surface area (Å²) in [4.78, 5) is 7.97. The Morgan fingerprint density at radius 3 is 2.53 bits per heavy atom. The van der Waals surface area contributed by atoms with Crippen molar-refractivity contribution >= 4 is 28.8 Å². The molecule has 0 saturated heterocycles. The SMILES string of the molecule is CC(C)(C)c1ccccc1Nc1ncnc(Cl)c1N. The van der Waals surface area contributed by atoms with Crippen molar-refractivity contribution in [3.63, 3.8) is 0 Å². The van der Waals surface area contributed by atoms with Gasteiger partial charge in [-0.3, -0.25) is 0 Å². The Morgan fingerprint density at radius 2 is 1.84 bits per heavy atom. The number of benzene rings is 1. The first-order valence-corrected chi connectivity index (χ1v) is 6.40. The molecule has 1 aromatic carbocycles. The highest BCUT2D eigenvalue weighted by molar-refractivity contribution is 6.32. The molecule has 0 fully saturated rings. The molecule has 0 aliphatic carbocycles. The van der Waals surface area contributed by atoms with Crippen LogP contribution in [0.4, 0.5) is 17.2 Å². The lowest BCUT2D eigenvalue weighted by molar-refractivity contribution is 0.592. The van der Waals surface area contributed by atoms with E-state index in [1.807, 2.05) is 18.2 Å². The number of nitrogens with one attached hydrogen (secondary N) is 1. The summed E-state index contributed by atoms with van der Waals surface area (Å²) < 4.78 is 0. The third-order valence-corrected chi connectivity index (χ3v) is 3.12. The number of nitrogens with two attached hydrogens (primary N) is 1. The van der Waals surface area contributed by atoms with E-state index in [-0.39, 0.29) is 10.6 Å². The van der Waals surface area contributed by atoms with Crippen LogP contribution in [-0.4, -0.2) is 9.97 Å². The second kappa shape index (κ2) is 5.05. The zero-order valence-corrected chi connectivity index (χ0v) is 12.0. The molecule has 0 atom stereocenters. The van der Waals surface area contributed by atoms with Crippen molar-refractivity contribution in [2.24, 2.45) is 0 Å². The van der Waals surface area contributed by atoms with Crippen molar-refractivity contribution < 1.29 is 0 Å². The molecule has 0 amide bonds. The maximum absolute atomic E-state index is 5.89. The van der Waals surface area contributed by atoms with E-state index in [1.165, 1.54) is 11.9 Å². The van der Waals surface area contributed by atoms with Gasteiger partial charge in [-0.25, -0.2) is 9.97 Å². The van der Waals surface area contributed by atoms with Gasteiger partial charge in [-0.15, -0.1) is 0 Å². The Labute approximate surface area is 118 Å². The van der Waals surface area contributed by atoms with Gasteiger partial charge in [0.05, 0.1) is 0 Å². The van der Waals surface area contributed by atoms with E-state index in [2.05, 4.69) is 42.1 Å². The van der Waals surface area contributed by atoms with Gasteiger partial charge >= 0.3 is 0 Å². The molecule has 2 aromatic rings. The Balaban J connectivity index is 2.42. The van der Waals surface area contributed by atoms with Gasteiger partial charge < -0.3 is 11.1 Å². The average Bonchev–Trinajstić information content (AvgIpc) is 2.34. The van der Waals surface area contributed by atoms with E-state index < -0.39 is 0 Å². The maximum atomic E-state index is 5.89. The Hall–Kier alpha value is -1.81. The predicted octanol–water partition coefficient (Wildman–Crippen LogP) is 3.75. The summed E-state index contributed by atoms with van der Waals surface area (Å²) in [6.45, 7) is 6.47. The Morgan fingerprint density at radius 1 is 1.16 bits per heavy atom. The quantitative estimate of drug-likeness (QED) is 0.820. The Kier molecular flexibility index (Phi) is 3.62. The second-order valence-corrected chi connectivity index (χ2v) is 5.71. The van der Waals surface area contributed by atoms with Crippen molar-refractivity contribution in [3.05, 3.63) is 41.3 Å². The van der Waals surface area contributed by atoms with Crippen molar-refractivity contribution in [2.45, 2.75) is 26.2 Å². The van der Waals surface area contributed by atoms with Crippen LogP contribution >= 0.6 is 11.6 Å². The minimum Gasteiger partial charge on any atom is -0.393 e. The molecule has 0 aliphatic heterocycles. The first kappa shape index (κ1) is 13.6. The van der Waals surface area contributed by atoms with Crippen LogP contribution in [0.1, 0.15) is 26.3 Å². The molecule has 4 nitrogen and oxygen atoms in total. The van der Waals surface area contributed by atoms with Gasteiger partial charge in [-0.05, 0) is 17.0 Å². The summed E-state index contributed by atoms with van der Waals surface area (Å²) in [5.74, 6) is 0.525. The summed E-state index contributed by atoms with van der Waals surface area (Å²) >= 11 is 5.89. The summed E-state index contributed by atoms with van der Waals surface area (Å²) in [6, 6.07) is 8.07. The summed E-state index contributed by atoms with van der Waals surface area (Å²) in [5, 5.41) is 3.48. The predicted molar refractivity (Wildman–Crippen MR) is 79.9 cm³/mol. The van der Waals surface area contributed by atoms with E-state index in [0.717, 1.165) is 5.69 Å². The number of para-hydroxylation sites is 1. The smallest absolute Gasteiger partial charge is 0.158 e. The largest absolute Gasteiger partial charge is 0.393 e. The fraction of sp³-hybridized carbons (Fsp3) is 0.286. The van der Waals surface area contributed by atoms with Gasteiger partial charge in [0.2, 0.25) is 0 Å². The molecule has 0 aliphatic rings. The van der Waals surface area contributed by atoms with Crippen LogP contribution in [0.15, 0.2) is 30.6 Å². The number of hydrogen-bond acceptors (Lipinski definition) is 4. The van der Waals surface area contributed by atoms with E-state index in [0.29, 0.717) is 11.5 Å². The van der Waals surface area contributed by atoms with Crippen LogP contribution in [0.25, 0.3) is 0 Å². The number of anilines is 3. The number of aromatic nitrogens is 2. The first-order chi connectivity index (χ1) is 8.89. The zero-order chi connectivity index (χ0) is 14.0. The normalized spacial score (nSPS) is 11.4. The molecular weight excluding hydrogens is 260 g/mol. The van der Waals surface area contributed by atoms with Crippen molar-refractivity contribution in [1.82, 2.24) is 9.97 Å². The number of rotatable bonds is 2. The number of halogens is 1. The molecule has 0 unspecified atom stereocenters. The third-order valence-electron chi connectivity index (χ3n) is 2.82. The van der Waals surface area contributed by atoms with Crippen LogP contribution in [0, 0.1) is 0 Å². The van der Waals surface area contributed by atoms with Crippen molar-refractivity contribution in [3.8, 4) is 0 Å². The fourth-order valence-corrected chi connectivity index (χ4v) is 1.98. The summed E-state index contributed by atoms with van der Waals surface area (Å²) in [7, 11) is 0. The first-order valence-electron chi connectivity index (χ1n) is 6.02. The average molecular weight is 277 g/mol. The Bertz CT molecular complexity index is 590. The highest BCUT2D eigenvalue weighted by Crippen LogP contribution is 2.32. The fourth-order valence-electron chi connectivity index (χ4n) is 1.85. The summed E-state index contributed by atoms with van der Waals surface area (Å²) in [6.07, 6.45) is 1.39. The molecule has 2 rings (SSSR count). The molecule has 100 valence electrons. The molecule has 0 saturated carbocycles. The molecule has 0 radical (unpaired) electrons. The lowest BCUT2D eigenvalue weighted by atomic mass is 9.86. The van der Waals surface area contributed by atoms with Crippen molar-refractivity contribution in [2.75, 3.05) is 11.1 Å². The lowest BCUT2D eigenvalue weighted by Crippen LogP contribution is -2.14. The zero-order valence-electron chi connectivity index (χ0n) is 11.2. The van der Waals surface area contributed by atoms with E-state index in [4.69, 9.17) is 17.3 Å². The minimum atomic E-state index is 0.0230. The highest BCUT2D eigenvalue weighted by atomic mass is 35.5. The van der Waals surface area contributed by atoms with Crippen LogP contribution in [-0.2, 0) is 5.41 Å². The van der Waals surface area contributed by atoms with Crippen LogP contribution in [0.3, 0.4) is 0 Å². The van der Waals surface area contributed by atoms with E-state index >= 15 is 0 Å². The molecule has 0 spiro atoms. The second-order valence-electron chi connectivity index (χ2n) is 5.35. The minimum absolute atomic E-state index is 0.0230. The van der Waals surface area contributed by atoms with Gasteiger partial charge in [-0.1, -0.05) is 50.6 Å². The molecule has 3 N–H and O–H groups in total. The van der Waals surface area contributed by atoms with Crippen LogP contribution in [0.5, 0.6) is 0 Å². The van der Waals surface area contributed by atoms with Gasteiger partial charge in [0.1, 0.15) is 12.0 Å². The molecular formula is C14H17ClN4. The van der Waals surface area contributed by atoms with Crippen LogP contribution in [0.2, 0.25) is 5.15 Å². The topological polar surface area (TPSA) is 63.8 Å². The molecule has 19 heavy (non-hydrogen) atoms. The van der Waals surface area contributed by atoms with Gasteiger partial charge in [0, 0.05) is 5.69 Å². The van der Waals surface area contributed by atoms with Crippen molar-refractivity contribution in [1.29, 1.82) is 0 Å². The van der Waals surface area contributed by atoms with Gasteiger partial charge in [0.15, 0.2) is 11.0 Å². The highest BCUT2D eigenvalue weighted by Gasteiger charge is 2.18. The standard InChI is InChI=1S/C14H17ClN4/c1-14(2,3)9-6-4-5-7-10(9)19-13-11(16)12(15)17-8-18-13/h4-8H,16H2,1-3H3,(H,17,18,19). The number of hydrogen-bond donors (Lipinski definition) is 2.